The van der Waals surface area contributed by atoms with Crippen LogP contribution in [0.1, 0.15) is 17.8 Å². The highest BCUT2D eigenvalue weighted by Crippen LogP contribution is 2.29. The molecule has 14 heavy (non-hydrogen) atoms. The lowest BCUT2D eigenvalue weighted by atomic mass is 10.4. The zero-order chi connectivity index (χ0) is 10.9. The van der Waals surface area contributed by atoms with E-state index in [0.717, 1.165) is 4.68 Å². The van der Waals surface area contributed by atoms with Crippen LogP contribution in [0, 0.1) is 6.92 Å². The van der Waals surface area contributed by atoms with Crippen molar-refractivity contribution in [2.75, 3.05) is 0 Å². The van der Waals surface area contributed by atoms with E-state index in [1.807, 2.05) is 0 Å². The molecule has 0 aromatic carbocycles. The topological polar surface area (TPSA) is 55.1 Å². The average molecular weight is 269 g/mol. The maximum atomic E-state index is 12.5. The number of halogens is 3. The van der Waals surface area contributed by atoms with Crippen LogP contribution >= 0.6 is 15.9 Å². The van der Waals surface area contributed by atoms with Gasteiger partial charge in [-0.15, -0.1) is 0 Å². The molecule has 1 heterocycles. The molecular weight excluding hydrogens is 262 g/mol. The van der Waals surface area contributed by atoms with Crippen LogP contribution in [0.3, 0.4) is 0 Å². The summed E-state index contributed by atoms with van der Waals surface area (Å²) in [5, 5.41) is 12.1. The smallest absolute Gasteiger partial charge is 0.325 e. The number of aromatic nitrogens is 2. The molecule has 0 aliphatic carbocycles. The van der Waals surface area contributed by atoms with E-state index >= 15 is 0 Å². The maximum absolute atomic E-state index is 12.5. The number of carbonyl (C=O) groups is 1. The Morgan fingerprint density at radius 3 is 2.71 bits per heavy atom. The molecule has 0 bridgehead atoms. The molecule has 4 nitrogen and oxygen atoms in total. The van der Waals surface area contributed by atoms with Crippen molar-refractivity contribution in [3.05, 3.63) is 15.9 Å². The van der Waals surface area contributed by atoms with E-state index in [1.54, 1.807) is 0 Å². The lowest BCUT2D eigenvalue weighted by Gasteiger charge is -2.03. The molecular formula is C7H7BrF2N2O2. The standard InChI is InChI=1S/C7H7BrF2N2O2/c1-3-5(8)6(7(9)10)12(11-3)2-4(13)14/h7H,2H2,1H3,(H,13,14). The molecule has 0 radical (unpaired) electrons. The van der Waals surface area contributed by atoms with Gasteiger partial charge in [-0.25, -0.2) is 8.78 Å². The van der Waals surface area contributed by atoms with Gasteiger partial charge in [-0.05, 0) is 22.9 Å². The van der Waals surface area contributed by atoms with E-state index < -0.39 is 24.6 Å². The van der Waals surface area contributed by atoms with Crippen LogP contribution in [-0.2, 0) is 11.3 Å². The van der Waals surface area contributed by atoms with E-state index in [4.69, 9.17) is 5.11 Å². The van der Waals surface area contributed by atoms with Crippen molar-refractivity contribution in [2.45, 2.75) is 19.9 Å². The minimum absolute atomic E-state index is 0.161. The normalized spacial score (nSPS) is 10.9. The first-order valence-corrected chi connectivity index (χ1v) is 4.45. The number of nitrogens with zero attached hydrogens (tertiary/aromatic N) is 2. The van der Waals surface area contributed by atoms with Gasteiger partial charge in [-0.2, -0.15) is 5.10 Å². The second-order valence-electron chi connectivity index (χ2n) is 2.64. The number of carboxylic acid groups (broad SMARTS) is 1. The van der Waals surface area contributed by atoms with Crippen molar-refractivity contribution < 1.29 is 18.7 Å². The molecule has 0 unspecified atom stereocenters. The van der Waals surface area contributed by atoms with Crippen LogP contribution in [0.2, 0.25) is 0 Å². The van der Waals surface area contributed by atoms with Crippen LogP contribution in [0.4, 0.5) is 8.78 Å². The Kier molecular flexibility index (Phi) is 3.20. The Labute approximate surface area is 86.7 Å². The van der Waals surface area contributed by atoms with Crippen molar-refractivity contribution in [1.82, 2.24) is 9.78 Å². The number of rotatable bonds is 3. The first-order chi connectivity index (χ1) is 6.43. The van der Waals surface area contributed by atoms with Gasteiger partial charge in [0.15, 0.2) is 0 Å². The lowest BCUT2D eigenvalue weighted by molar-refractivity contribution is -0.138. The quantitative estimate of drug-likeness (QED) is 0.912. The molecule has 0 amide bonds. The first-order valence-electron chi connectivity index (χ1n) is 3.66. The van der Waals surface area contributed by atoms with Crippen molar-refractivity contribution >= 4 is 21.9 Å². The Balaban J connectivity index is 3.15. The number of hydrogen-bond donors (Lipinski definition) is 1. The maximum Gasteiger partial charge on any atom is 0.325 e. The number of aryl methyl sites for hydroxylation is 1. The monoisotopic (exact) mass is 268 g/mol. The van der Waals surface area contributed by atoms with Gasteiger partial charge in [0.25, 0.3) is 6.43 Å². The molecule has 1 aromatic rings. The fourth-order valence-electron chi connectivity index (χ4n) is 1.03. The summed E-state index contributed by atoms with van der Waals surface area (Å²) in [6, 6.07) is 0. The summed E-state index contributed by atoms with van der Waals surface area (Å²) in [5.74, 6) is -1.21. The third-order valence-corrected chi connectivity index (χ3v) is 2.56. The predicted molar refractivity (Wildman–Crippen MR) is 47.3 cm³/mol. The van der Waals surface area contributed by atoms with Crippen LogP contribution in [0.25, 0.3) is 0 Å². The van der Waals surface area contributed by atoms with Gasteiger partial charge < -0.3 is 5.11 Å². The van der Waals surface area contributed by atoms with Crippen molar-refractivity contribution in [3.8, 4) is 0 Å². The SMILES string of the molecule is Cc1nn(CC(=O)O)c(C(F)F)c1Br. The Bertz CT molecular complexity index is 365. The van der Waals surface area contributed by atoms with Gasteiger partial charge >= 0.3 is 5.97 Å². The number of hydrogen-bond acceptors (Lipinski definition) is 2. The van der Waals surface area contributed by atoms with Gasteiger partial charge in [0.1, 0.15) is 12.2 Å². The molecule has 0 fully saturated rings. The fraction of sp³-hybridized carbons (Fsp3) is 0.429. The zero-order valence-corrected chi connectivity index (χ0v) is 8.75. The van der Waals surface area contributed by atoms with Crippen molar-refractivity contribution in [1.29, 1.82) is 0 Å². The molecule has 1 rings (SSSR count). The molecule has 0 saturated heterocycles. The van der Waals surface area contributed by atoms with E-state index in [9.17, 15) is 13.6 Å². The summed E-state index contributed by atoms with van der Waals surface area (Å²) >= 11 is 2.94. The highest BCUT2D eigenvalue weighted by molar-refractivity contribution is 9.10. The Hall–Kier alpha value is -0.980. The second kappa shape index (κ2) is 4.04. The van der Waals surface area contributed by atoms with Crippen LogP contribution < -0.4 is 0 Å². The molecule has 0 atom stereocenters. The third kappa shape index (κ3) is 2.09. The van der Waals surface area contributed by atoms with E-state index in [2.05, 4.69) is 21.0 Å². The van der Waals surface area contributed by atoms with Crippen molar-refractivity contribution in [2.24, 2.45) is 0 Å². The summed E-state index contributed by atoms with van der Waals surface area (Å²) < 4.78 is 25.9. The first kappa shape index (κ1) is 11.1. The van der Waals surface area contributed by atoms with Crippen LogP contribution in [-0.4, -0.2) is 20.9 Å². The summed E-state index contributed by atoms with van der Waals surface area (Å²) in [4.78, 5) is 10.3. The summed E-state index contributed by atoms with van der Waals surface area (Å²) in [6.45, 7) is 0.959. The second-order valence-corrected chi connectivity index (χ2v) is 3.43. The molecule has 0 spiro atoms. The van der Waals surface area contributed by atoms with Gasteiger partial charge in [0.05, 0.1) is 10.2 Å². The summed E-state index contributed by atoms with van der Waals surface area (Å²) in [7, 11) is 0. The molecule has 0 saturated carbocycles. The van der Waals surface area contributed by atoms with E-state index in [-0.39, 0.29) is 4.47 Å². The van der Waals surface area contributed by atoms with Gasteiger partial charge in [0.2, 0.25) is 0 Å². The van der Waals surface area contributed by atoms with E-state index in [0.29, 0.717) is 5.69 Å². The van der Waals surface area contributed by atoms with Gasteiger partial charge in [0, 0.05) is 0 Å². The minimum atomic E-state index is -2.75. The fourth-order valence-corrected chi connectivity index (χ4v) is 1.49. The van der Waals surface area contributed by atoms with Crippen LogP contribution in [0.5, 0.6) is 0 Å². The number of alkyl halides is 2. The Morgan fingerprint density at radius 2 is 2.29 bits per heavy atom. The highest BCUT2D eigenvalue weighted by Gasteiger charge is 2.22. The molecule has 0 aliphatic heterocycles. The van der Waals surface area contributed by atoms with Crippen molar-refractivity contribution in [3.63, 3.8) is 0 Å². The number of aliphatic carboxylic acids is 1. The van der Waals surface area contributed by atoms with E-state index in [1.165, 1.54) is 6.92 Å². The average Bonchev–Trinajstić information content (AvgIpc) is 2.26. The van der Waals surface area contributed by atoms with Crippen LogP contribution in [0.15, 0.2) is 4.47 Å². The molecule has 7 heteroatoms. The molecule has 1 aromatic heterocycles. The number of carboxylic acids is 1. The largest absolute Gasteiger partial charge is 0.480 e. The molecule has 1 N–H and O–H groups in total. The minimum Gasteiger partial charge on any atom is -0.480 e. The zero-order valence-electron chi connectivity index (χ0n) is 7.17. The lowest BCUT2D eigenvalue weighted by Crippen LogP contribution is -2.13. The molecule has 0 aliphatic rings. The summed E-state index contributed by atoms with van der Waals surface area (Å²) in [5.41, 5.74) is -0.0496. The Morgan fingerprint density at radius 1 is 1.71 bits per heavy atom. The molecule has 78 valence electrons. The third-order valence-electron chi connectivity index (χ3n) is 1.58. The highest BCUT2D eigenvalue weighted by atomic mass is 79.9. The predicted octanol–water partition coefficient (Wildman–Crippen LogP) is 1.98. The summed E-state index contributed by atoms with van der Waals surface area (Å²) in [6.07, 6.45) is -2.75. The van der Waals surface area contributed by atoms with Gasteiger partial charge in [-0.3, -0.25) is 9.48 Å². The van der Waals surface area contributed by atoms with Gasteiger partial charge in [-0.1, -0.05) is 0 Å².